The van der Waals surface area contributed by atoms with E-state index in [4.69, 9.17) is 4.74 Å². The van der Waals surface area contributed by atoms with Crippen LogP contribution in [0.15, 0.2) is 18.2 Å². The molecule has 3 unspecified atom stereocenters. The first-order valence-electron chi connectivity index (χ1n) is 11.6. The molecule has 7 heteroatoms. The van der Waals surface area contributed by atoms with E-state index in [-0.39, 0.29) is 24.4 Å². The number of benzene rings is 1. The molecule has 0 heterocycles. The molecule has 7 nitrogen and oxygen atoms in total. The standard InChI is InChI=1S/C25H39N3O4/c1-8-9-13-26-23(30)22(21-16(2)11-10-12-17(21)3)28(19-14-18(19)4)20(29)15-27-24(31)32-25(5,6)7/h10-12,18-19,22H,8-9,13-15H2,1-7H3,(H,26,30)(H,27,31). The van der Waals surface area contributed by atoms with E-state index in [0.717, 1.165) is 36.0 Å². The largest absolute Gasteiger partial charge is 0.444 e. The molecule has 2 N–H and O–H groups in total. The Labute approximate surface area is 192 Å². The molecule has 1 aromatic rings. The summed E-state index contributed by atoms with van der Waals surface area (Å²) >= 11 is 0. The Kier molecular flexibility index (Phi) is 8.70. The van der Waals surface area contributed by atoms with Crippen LogP contribution in [0.5, 0.6) is 0 Å². The molecule has 3 amide bonds. The summed E-state index contributed by atoms with van der Waals surface area (Å²) in [5, 5.41) is 5.58. The molecular weight excluding hydrogens is 406 g/mol. The third kappa shape index (κ3) is 6.97. The molecule has 1 saturated carbocycles. The highest BCUT2D eigenvalue weighted by Crippen LogP contribution is 2.41. The van der Waals surface area contributed by atoms with Gasteiger partial charge in [-0.3, -0.25) is 9.59 Å². The number of nitrogens with one attached hydrogen (secondary N) is 2. The van der Waals surface area contributed by atoms with E-state index in [1.165, 1.54) is 0 Å². The number of carbonyl (C=O) groups is 3. The van der Waals surface area contributed by atoms with Gasteiger partial charge in [0.15, 0.2) is 0 Å². The van der Waals surface area contributed by atoms with Crippen LogP contribution < -0.4 is 10.6 Å². The molecule has 2 rings (SSSR count). The Morgan fingerprint density at radius 1 is 1.16 bits per heavy atom. The smallest absolute Gasteiger partial charge is 0.408 e. The van der Waals surface area contributed by atoms with Crippen LogP contribution in [-0.2, 0) is 14.3 Å². The molecule has 3 atom stereocenters. The van der Waals surface area contributed by atoms with Crippen molar-refractivity contribution in [2.24, 2.45) is 5.92 Å². The Bertz CT molecular complexity index is 811. The summed E-state index contributed by atoms with van der Waals surface area (Å²) in [7, 11) is 0. The molecule has 0 spiro atoms. The van der Waals surface area contributed by atoms with Gasteiger partial charge in [0.25, 0.3) is 0 Å². The Hall–Kier alpha value is -2.57. The fourth-order valence-electron chi connectivity index (χ4n) is 3.90. The van der Waals surface area contributed by atoms with E-state index in [1.807, 2.05) is 32.0 Å². The number of nitrogens with zero attached hydrogens (tertiary/aromatic N) is 1. The number of hydrogen-bond donors (Lipinski definition) is 2. The molecule has 1 aliphatic carbocycles. The van der Waals surface area contributed by atoms with Crippen molar-refractivity contribution in [2.75, 3.05) is 13.1 Å². The number of ether oxygens (including phenoxy) is 1. The summed E-state index contributed by atoms with van der Waals surface area (Å²) < 4.78 is 5.26. The molecule has 1 aliphatic rings. The van der Waals surface area contributed by atoms with Crippen molar-refractivity contribution in [3.05, 3.63) is 34.9 Å². The van der Waals surface area contributed by atoms with Gasteiger partial charge < -0.3 is 20.3 Å². The summed E-state index contributed by atoms with van der Waals surface area (Å²) in [5.74, 6) is -0.167. The second-order valence-electron chi connectivity index (χ2n) is 9.79. The highest BCUT2D eigenvalue weighted by molar-refractivity contribution is 5.91. The van der Waals surface area contributed by atoms with Crippen LogP contribution in [0.4, 0.5) is 4.79 Å². The van der Waals surface area contributed by atoms with Gasteiger partial charge >= 0.3 is 6.09 Å². The lowest BCUT2D eigenvalue weighted by Crippen LogP contribution is -2.49. The van der Waals surface area contributed by atoms with Gasteiger partial charge in [-0.15, -0.1) is 0 Å². The summed E-state index contributed by atoms with van der Waals surface area (Å²) in [6.45, 7) is 13.7. The number of aryl methyl sites for hydroxylation is 2. The quantitative estimate of drug-likeness (QED) is 0.562. The van der Waals surface area contributed by atoms with Crippen LogP contribution in [0.2, 0.25) is 0 Å². The molecule has 0 bridgehead atoms. The molecule has 178 valence electrons. The highest BCUT2D eigenvalue weighted by atomic mass is 16.6. The van der Waals surface area contributed by atoms with E-state index >= 15 is 0 Å². The zero-order valence-electron chi connectivity index (χ0n) is 20.6. The maximum atomic E-state index is 13.4. The van der Waals surface area contributed by atoms with E-state index in [9.17, 15) is 14.4 Å². The molecule has 0 aromatic heterocycles. The first-order valence-corrected chi connectivity index (χ1v) is 11.6. The minimum Gasteiger partial charge on any atom is -0.444 e. The average molecular weight is 446 g/mol. The van der Waals surface area contributed by atoms with Crippen LogP contribution in [0, 0.1) is 19.8 Å². The van der Waals surface area contributed by atoms with Crippen molar-refractivity contribution in [2.45, 2.75) is 85.4 Å². The lowest BCUT2D eigenvalue weighted by molar-refractivity contribution is -0.141. The summed E-state index contributed by atoms with van der Waals surface area (Å²) in [6, 6.07) is 5.11. The summed E-state index contributed by atoms with van der Waals surface area (Å²) in [6.07, 6.45) is 2.03. The second kappa shape index (κ2) is 10.8. The van der Waals surface area contributed by atoms with Crippen molar-refractivity contribution < 1.29 is 19.1 Å². The predicted molar refractivity (Wildman–Crippen MR) is 125 cm³/mol. The summed E-state index contributed by atoms with van der Waals surface area (Å²) in [4.78, 5) is 40.6. The van der Waals surface area contributed by atoms with Crippen molar-refractivity contribution >= 4 is 17.9 Å². The van der Waals surface area contributed by atoms with Gasteiger partial charge in [0.1, 0.15) is 18.2 Å². The topological polar surface area (TPSA) is 87.7 Å². The summed E-state index contributed by atoms with van der Waals surface area (Å²) in [5.41, 5.74) is 2.13. The second-order valence-corrected chi connectivity index (χ2v) is 9.79. The predicted octanol–water partition coefficient (Wildman–Crippen LogP) is 4.02. The van der Waals surface area contributed by atoms with E-state index in [1.54, 1.807) is 25.7 Å². The van der Waals surface area contributed by atoms with Crippen LogP contribution in [0.1, 0.15) is 76.6 Å². The molecular formula is C25H39N3O4. The van der Waals surface area contributed by atoms with Crippen LogP contribution in [0.3, 0.4) is 0 Å². The highest BCUT2D eigenvalue weighted by Gasteiger charge is 2.46. The maximum absolute atomic E-state index is 13.4. The van der Waals surface area contributed by atoms with Crippen LogP contribution in [-0.4, -0.2) is 47.5 Å². The molecule has 32 heavy (non-hydrogen) atoms. The van der Waals surface area contributed by atoms with Gasteiger partial charge in [0.2, 0.25) is 11.8 Å². The minimum absolute atomic E-state index is 0.0381. The molecule has 0 radical (unpaired) electrons. The normalized spacial score (nSPS) is 18.5. The maximum Gasteiger partial charge on any atom is 0.408 e. The number of alkyl carbamates (subject to hydrolysis) is 1. The first kappa shape index (κ1) is 25.7. The minimum atomic E-state index is -0.740. The molecule has 1 fully saturated rings. The lowest BCUT2D eigenvalue weighted by Gasteiger charge is -2.34. The van der Waals surface area contributed by atoms with Crippen molar-refractivity contribution in [3.63, 3.8) is 0 Å². The Balaban J connectivity index is 2.33. The number of amides is 3. The molecule has 0 aliphatic heterocycles. The lowest BCUT2D eigenvalue weighted by atomic mass is 9.93. The monoisotopic (exact) mass is 445 g/mol. The number of rotatable bonds is 9. The number of hydrogen-bond acceptors (Lipinski definition) is 4. The first-order chi connectivity index (χ1) is 15.0. The van der Waals surface area contributed by atoms with E-state index in [2.05, 4.69) is 24.5 Å². The number of unbranched alkanes of at least 4 members (excludes halogenated alkanes) is 1. The third-order valence-electron chi connectivity index (χ3n) is 5.67. The molecule has 0 saturated heterocycles. The third-order valence-corrected chi connectivity index (χ3v) is 5.67. The Morgan fingerprint density at radius 2 is 1.75 bits per heavy atom. The molecule has 1 aromatic carbocycles. The van der Waals surface area contributed by atoms with Gasteiger partial charge in [-0.1, -0.05) is 38.5 Å². The van der Waals surface area contributed by atoms with Crippen molar-refractivity contribution in [1.82, 2.24) is 15.5 Å². The van der Waals surface area contributed by atoms with E-state index in [0.29, 0.717) is 12.5 Å². The SMILES string of the molecule is CCCCNC(=O)C(c1c(C)cccc1C)N(C(=O)CNC(=O)OC(C)(C)C)C1CC1C. The van der Waals surface area contributed by atoms with Crippen LogP contribution >= 0.6 is 0 Å². The van der Waals surface area contributed by atoms with Gasteiger partial charge in [-0.05, 0) is 70.1 Å². The van der Waals surface area contributed by atoms with Gasteiger partial charge in [0.05, 0.1) is 0 Å². The fraction of sp³-hybridized carbons (Fsp3) is 0.640. The van der Waals surface area contributed by atoms with Crippen LogP contribution in [0.25, 0.3) is 0 Å². The van der Waals surface area contributed by atoms with Crippen molar-refractivity contribution in [1.29, 1.82) is 0 Å². The van der Waals surface area contributed by atoms with Gasteiger partial charge in [0, 0.05) is 12.6 Å². The number of carbonyl (C=O) groups excluding carboxylic acids is 3. The Morgan fingerprint density at radius 3 is 2.25 bits per heavy atom. The van der Waals surface area contributed by atoms with Gasteiger partial charge in [-0.2, -0.15) is 0 Å². The van der Waals surface area contributed by atoms with Gasteiger partial charge in [-0.25, -0.2) is 4.79 Å². The van der Waals surface area contributed by atoms with E-state index < -0.39 is 17.7 Å². The fourth-order valence-corrected chi connectivity index (χ4v) is 3.90. The zero-order valence-corrected chi connectivity index (χ0v) is 20.6. The zero-order chi connectivity index (χ0) is 24.1. The van der Waals surface area contributed by atoms with Crippen molar-refractivity contribution in [3.8, 4) is 0 Å². The average Bonchev–Trinajstić information content (AvgIpc) is 3.40.